The van der Waals surface area contributed by atoms with E-state index in [0.717, 1.165) is 49.4 Å². The van der Waals surface area contributed by atoms with Crippen molar-refractivity contribution in [2.45, 2.75) is 58.0 Å². The third kappa shape index (κ3) is 4.89. The van der Waals surface area contributed by atoms with Crippen LogP contribution in [0.5, 0.6) is 0 Å². The lowest BCUT2D eigenvalue weighted by atomic mass is 9.73. The fraction of sp³-hybridized carbons (Fsp3) is 0.419. The van der Waals surface area contributed by atoms with Crippen LogP contribution in [0.15, 0.2) is 73.4 Å². The van der Waals surface area contributed by atoms with Gasteiger partial charge in [0.05, 0.1) is 35.4 Å². The first-order valence-electron chi connectivity index (χ1n) is 13.4. The molecule has 0 amide bonds. The number of carbonyl (C=O) groups excluding carboxylic acids is 1. The molecule has 2 aliphatic heterocycles. The van der Waals surface area contributed by atoms with Gasteiger partial charge in [0, 0.05) is 18.8 Å². The van der Waals surface area contributed by atoms with E-state index in [1.54, 1.807) is 0 Å². The molecular formula is C31H38N4O2. The summed E-state index contributed by atoms with van der Waals surface area (Å²) in [5.74, 6) is 0.933. The average molecular weight is 499 g/mol. The van der Waals surface area contributed by atoms with Gasteiger partial charge in [-0.3, -0.25) is 4.79 Å². The smallest absolute Gasteiger partial charge is 0.312 e. The van der Waals surface area contributed by atoms with Crippen LogP contribution in [-0.4, -0.2) is 40.3 Å². The van der Waals surface area contributed by atoms with Crippen molar-refractivity contribution in [1.29, 1.82) is 0 Å². The first-order valence-corrected chi connectivity index (χ1v) is 13.4. The summed E-state index contributed by atoms with van der Waals surface area (Å²) < 4.78 is 7.68. The van der Waals surface area contributed by atoms with Crippen LogP contribution in [0.25, 0.3) is 5.70 Å². The highest BCUT2D eigenvalue weighted by molar-refractivity contribution is 5.78. The molecule has 1 fully saturated rings. The summed E-state index contributed by atoms with van der Waals surface area (Å²) >= 11 is 0. The van der Waals surface area contributed by atoms with E-state index in [4.69, 9.17) is 9.84 Å². The molecule has 1 atom stereocenters. The van der Waals surface area contributed by atoms with Gasteiger partial charge < -0.3 is 15.0 Å². The molecule has 0 spiro atoms. The lowest BCUT2D eigenvalue weighted by molar-refractivity contribution is -0.158. The van der Waals surface area contributed by atoms with Crippen molar-refractivity contribution in [3.63, 3.8) is 0 Å². The quantitative estimate of drug-likeness (QED) is 0.403. The minimum Gasteiger partial charge on any atom is -0.466 e. The van der Waals surface area contributed by atoms with Gasteiger partial charge in [0.1, 0.15) is 5.82 Å². The fourth-order valence-corrected chi connectivity index (χ4v) is 5.94. The van der Waals surface area contributed by atoms with E-state index in [0.29, 0.717) is 13.0 Å². The summed E-state index contributed by atoms with van der Waals surface area (Å²) in [6, 6.07) is 21.1. The van der Waals surface area contributed by atoms with E-state index in [-0.39, 0.29) is 17.6 Å². The second kappa shape index (κ2) is 10.1. The van der Waals surface area contributed by atoms with Gasteiger partial charge >= 0.3 is 5.97 Å². The Morgan fingerprint density at radius 1 is 1.08 bits per heavy atom. The summed E-state index contributed by atoms with van der Waals surface area (Å²) in [6.45, 7) is 12.8. The lowest BCUT2D eigenvalue weighted by Gasteiger charge is -2.42. The monoisotopic (exact) mass is 498 g/mol. The highest BCUT2D eigenvalue weighted by Crippen LogP contribution is 2.43. The van der Waals surface area contributed by atoms with E-state index >= 15 is 0 Å². The van der Waals surface area contributed by atoms with Crippen LogP contribution in [0.3, 0.4) is 0 Å². The number of benzene rings is 2. The number of ether oxygens (including phenoxy) is 1. The summed E-state index contributed by atoms with van der Waals surface area (Å²) in [6.07, 6.45) is 5.05. The number of anilines is 1. The van der Waals surface area contributed by atoms with Gasteiger partial charge in [0.15, 0.2) is 0 Å². The zero-order valence-corrected chi connectivity index (χ0v) is 22.2. The second-order valence-corrected chi connectivity index (χ2v) is 11.0. The van der Waals surface area contributed by atoms with Crippen molar-refractivity contribution in [3.05, 3.63) is 90.1 Å². The van der Waals surface area contributed by atoms with Crippen LogP contribution < -0.4 is 5.32 Å². The molecular weight excluding hydrogens is 460 g/mol. The zero-order chi connectivity index (χ0) is 26.0. The third-order valence-corrected chi connectivity index (χ3v) is 8.07. The SMILES string of the molecule is C=C(c1cnn2c1NC(c1ccccc1)CC2(C)C)N1CCC(Cc2ccccc2)(C(=O)OCC)CC1. The van der Waals surface area contributed by atoms with Gasteiger partial charge in [0.2, 0.25) is 0 Å². The molecule has 3 heterocycles. The number of hydrogen-bond acceptors (Lipinski definition) is 5. The van der Waals surface area contributed by atoms with Crippen molar-refractivity contribution in [2.75, 3.05) is 25.0 Å². The number of likely N-dealkylation sites (tertiary alicyclic amines) is 1. The number of nitrogens with zero attached hydrogens (tertiary/aromatic N) is 3. The van der Waals surface area contributed by atoms with E-state index < -0.39 is 5.41 Å². The molecule has 6 heteroatoms. The molecule has 37 heavy (non-hydrogen) atoms. The molecule has 1 saturated heterocycles. The lowest BCUT2D eigenvalue weighted by Crippen LogP contribution is -2.45. The minimum absolute atomic E-state index is 0.0823. The van der Waals surface area contributed by atoms with Crippen LogP contribution in [0.2, 0.25) is 0 Å². The summed E-state index contributed by atoms with van der Waals surface area (Å²) in [7, 11) is 0. The first-order chi connectivity index (χ1) is 17.8. The predicted molar refractivity (Wildman–Crippen MR) is 148 cm³/mol. The molecule has 1 aromatic heterocycles. The van der Waals surface area contributed by atoms with Crippen LogP contribution in [-0.2, 0) is 21.5 Å². The molecule has 194 valence electrons. The fourth-order valence-electron chi connectivity index (χ4n) is 5.94. The molecule has 2 aliphatic rings. The van der Waals surface area contributed by atoms with E-state index in [2.05, 4.69) is 77.8 Å². The van der Waals surface area contributed by atoms with Crippen LogP contribution in [0.1, 0.15) is 62.8 Å². The minimum atomic E-state index is -0.509. The number of piperidine rings is 1. The number of aromatic nitrogens is 2. The first kappa shape index (κ1) is 25.1. The molecule has 2 aromatic carbocycles. The Morgan fingerprint density at radius 3 is 2.38 bits per heavy atom. The molecule has 0 bridgehead atoms. The zero-order valence-electron chi connectivity index (χ0n) is 22.2. The summed E-state index contributed by atoms with van der Waals surface area (Å²) in [5.41, 5.74) is 3.79. The predicted octanol–water partition coefficient (Wildman–Crippen LogP) is 6.03. The maximum Gasteiger partial charge on any atom is 0.312 e. The van der Waals surface area contributed by atoms with E-state index in [1.807, 2.05) is 31.3 Å². The topological polar surface area (TPSA) is 59.4 Å². The Morgan fingerprint density at radius 2 is 1.73 bits per heavy atom. The molecule has 1 N–H and O–H groups in total. The molecule has 3 aromatic rings. The molecule has 0 radical (unpaired) electrons. The number of rotatable bonds is 7. The molecule has 5 rings (SSSR count). The number of esters is 1. The molecule has 1 unspecified atom stereocenters. The third-order valence-electron chi connectivity index (χ3n) is 8.07. The van der Waals surface area contributed by atoms with E-state index in [9.17, 15) is 4.79 Å². The normalized spacial score (nSPS) is 20.0. The van der Waals surface area contributed by atoms with Crippen LogP contribution >= 0.6 is 0 Å². The maximum absolute atomic E-state index is 13.2. The van der Waals surface area contributed by atoms with Crippen molar-refractivity contribution in [1.82, 2.24) is 14.7 Å². The van der Waals surface area contributed by atoms with Gasteiger partial charge in [-0.25, -0.2) is 4.68 Å². The van der Waals surface area contributed by atoms with Gasteiger partial charge in [-0.2, -0.15) is 5.10 Å². The van der Waals surface area contributed by atoms with Gasteiger partial charge in [0.25, 0.3) is 0 Å². The maximum atomic E-state index is 13.2. The number of hydrogen-bond donors (Lipinski definition) is 1. The highest BCUT2D eigenvalue weighted by atomic mass is 16.5. The average Bonchev–Trinajstić information content (AvgIpc) is 3.35. The van der Waals surface area contributed by atoms with Crippen LogP contribution in [0.4, 0.5) is 5.82 Å². The number of carbonyl (C=O) groups is 1. The standard InChI is InChI=1S/C31H38N4O2/c1-5-37-29(36)31(20-24-12-8-6-9-13-24)16-18-34(19-17-31)23(2)26-22-32-35-28(26)33-27(21-30(35,3)4)25-14-10-7-11-15-25/h6-15,22,27,33H,2,5,16-21H2,1,3-4H3. The molecule has 0 aliphatic carbocycles. The van der Waals surface area contributed by atoms with Crippen LogP contribution in [0, 0.1) is 5.41 Å². The molecule has 6 nitrogen and oxygen atoms in total. The largest absolute Gasteiger partial charge is 0.466 e. The van der Waals surface area contributed by atoms with Gasteiger partial charge in [-0.1, -0.05) is 67.2 Å². The number of fused-ring (bicyclic) bond motifs is 1. The van der Waals surface area contributed by atoms with Gasteiger partial charge in [-0.15, -0.1) is 0 Å². The second-order valence-electron chi connectivity index (χ2n) is 11.0. The highest BCUT2D eigenvalue weighted by Gasteiger charge is 2.43. The summed E-state index contributed by atoms with van der Waals surface area (Å²) in [5, 5.41) is 8.54. The Labute approximate surface area is 220 Å². The van der Waals surface area contributed by atoms with E-state index in [1.165, 1.54) is 11.1 Å². The van der Waals surface area contributed by atoms with Crippen molar-refractivity contribution in [2.24, 2.45) is 5.41 Å². The Hall–Kier alpha value is -3.54. The van der Waals surface area contributed by atoms with Crippen molar-refractivity contribution >= 4 is 17.5 Å². The number of nitrogens with one attached hydrogen (secondary N) is 1. The van der Waals surface area contributed by atoms with Gasteiger partial charge in [-0.05, 0) is 57.6 Å². The Bertz CT molecular complexity index is 1240. The molecule has 0 saturated carbocycles. The Kier molecular flexibility index (Phi) is 6.84. The van der Waals surface area contributed by atoms with Crippen molar-refractivity contribution in [3.8, 4) is 0 Å². The Balaban J connectivity index is 1.36. The summed E-state index contributed by atoms with van der Waals surface area (Å²) in [4.78, 5) is 15.5. The van der Waals surface area contributed by atoms with Crippen molar-refractivity contribution < 1.29 is 9.53 Å².